The van der Waals surface area contributed by atoms with Gasteiger partial charge in [0, 0.05) is 37.1 Å². The van der Waals surface area contributed by atoms with E-state index in [0.717, 1.165) is 58.6 Å². The Balaban J connectivity index is 1.75. The number of hydrogen-bond donors (Lipinski definition) is 1. The lowest BCUT2D eigenvalue weighted by Crippen LogP contribution is -2.41. The summed E-state index contributed by atoms with van der Waals surface area (Å²) < 4.78 is 35.9. The molecular formula is C36H53N5O4SSi. The topological polar surface area (TPSA) is 106 Å². The van der Waals surface area contributed by atoms with Crippen molar-refractivity contribution in [3.63, 3.8) is 0 Å². The molecule has 0 aliphatic heterocycles. The number of nitrogens with one attached hydrogen (secondary N) is 1. The van der Waals surface area contributed by atoms with Gasteiger partial charge in [-0.05, 0) is 81.7 Å². The summed E-state index contributed by atoms with van der Waals surface area (Å²) in [6, 6.07) is 16.0. The van der Waals surface area contributed by atoms with Crippen molar-refractivity contribution in [3.05, 3.63) is 66.1 Å². The second-order valence-corrected chi connectivity index (χ2v) is 21.3. The molecule has 0 aliphatic carbocycles. The minimum Gasteiger partial charge on any atom is -0.598 e. The van der Waals surface area contributed by atoms with Gasteiger partial charge in [-0.25, -0.2) is 9.67 Å². The Morgan fingerprint density at radius 1 is 1.00 bits per heavy atom. The van der Waals surface area contributed by atoms with E-state index in [1.54, 1.807) is 7.11 Å². The third-order valence-electron chi connectivity index (χ3n) is 8.60. The van der Waals surface area contributed by atoms with Crippen LogP contribution in [0.15, 0.2) is 54.7 Å². The Labute approximate surface area is 285 Å². The molecule has 1 aromatic carbocycles. The predicted molar refractivity (Wildman–Crippen MR) is 195 cm³/mol. The van der Waals surface area contributed by atoms with E-state index in [9.17, 15) is 4.55 Å². The number of ether oxygens (including phenoxy) is 2. The zero-order chi connectivity index (χ0) is 34.4. The van der Waals surface area contributed by atoms with Crippen LogP contribution in [-0.4, -0.2) is 57.7 Å². The normalized spacial score (nSPS) is 14.0. The van der Waals surface area contributed by atoms with E-state index in [-0.39, 0.29) is 15.8 Å². The molecule has 0 saturated heterocycles. The fraction of sp³-hybridized carbons (Fsp3) is 0.528. The van der Waals surface area contributed by atoms with Gasteiger partial charge in [0.2, 0.25) is 0 Å². The van der Waals surface area contributed by atoms with Crippen molar-refractivity contribution in [3.8, 4) is 22.8 Å². The zero-order valence-corrected chi connectivity index (χ0v) is 31.7. The van der Waals surface area contributed by atoms with Gasteiger partial charge >= 0.3 is 0 Å². The highest BCUT2D eigenvalue weighted by molar-refractivity contribution is 7.90. The van der Waals surface area contributed by atoms with Gasteiger partial charge in [-0.15, -0.1) is 4.72 Å². The van der Waals surface area contributed by atoms with Crippen LogP contribution in [0.3, 0.4) is 0 Å². The molecule has 0 amide bonds. The Morgan fingerprint density at radius 2 is 1.74 bits per heavy atom. The minimum absolute atomic E-state index is 0.112. The van der Waals surface area contributed by atoms with Crippen molar-refractivity contribution < 1.29 is 18.5 Å². The van der Waals surface area contributed by atoms with Crippen LogP contribution in [0, 0.1) is 0 Å². The van der Waals surface area contributed by atoms with Crippen LogP contribution in [0.4, 0.5) is 0 Å². The van der Waals surface area contributed by atoms with E-state index in [4.69, 9.17) is 29.0 Å². The standard InChI is InChI=1S/C36H53N5O4SSi/c1-11-15-31(40-46(42)35(2,3)4)30-18-13-17-29(39-30)26-22-32-28(33(23-26)44-21-14-20-43-8)24-37-41(32)34-19-12-16-27(38-34)25-45-47(9,10)36(5,6)7/h12-13,16-19,22-24,31,40H,11,14-15,20-21,25H2,1-10H3/t31-,46?/m0/s1. The summed E-state index contributed by atoms with van der Waals surface area (Å²) in [4.78, 5) is 10.1. The van der Waals surface area contributed by atoms with Gasteiger partial charge in [0.25, 0.3) is 0 Å². The van der Waals surface area contributed by atoms with Crippen LogP contribution >= 0.6 is 0 Å². The van der Waals surface area contributed by atoms with Crippen LogP contribution in [-0.2, 0) is 27.1 Å². The van der Waals surface area contributed by atoms with Crippen LogP contribution < -0.4 is 9.46 Å². The van der Waals surface area contributed by atoms with Crippen LogP contribution in [0.2, 0.25) is 18.1 Å². The van der Waals surface area contributed by atoms with Gasteiger partial charge in [-0.2, -0.15) is 5.10 Å². The molecule has 0 aliphatic rings. The van der Waals surface area contributed by atoms with Gasteiger partial charge in [0.15, 0.2) is 14.1 Å². The second-order valence-electron chi connectivity index (χ2n) is 14.5. The summed E-state index contributed by atoms with van der Waals surface area (Å²) in [7, 11) is -0.248. The van der Waals surface area contributed by atoms with Gasteiger partial charge in [0.1, 0.15) is 10.5 Å². The molecule has 0 radical (unpaired) electrons. The first kappa shape index (κ1) is 37.0. The highest BCUT2D eigenvalue weighted by atomic mass is 32.2. The molecule has 1 unspecified atom stereocenters. The van der Waals surface area contributed by atoms with E-state index in [2.05, 4.69) is 51.6 Å². The molecule has 0 saturated carbocycles. The lowest BCUT2D eigenvalue weighted by atomic mass is 10.1. The lowest BCUT2D eigenvalue weighted by Gasteiger charge is -2.36. The number of rotatable bonds is 15. The summed E-state index contributed by atoms with van der Waals surface area (Å²) in [6.45, 7) is 20.8. The fourth-order valence-corrected chi connectivity index (χ4v) is 6.53. The first-order valence-corrected chi connectivity index (χ1v) is 20.6. The molecule has 47 heavy (non-hydrogen) atoms. The van der Waals surface area contributed by atoms with Crippen molar-refractivity contribution in [1.29, 1.82) is 0 Å². The first-order chi connectivity index (χ1) is 22.1. The van der Waals surface area contributed by atoms with Crippen molar-refractivity contribution in [1.82, 2.24) is 24.5 Å². The predicted octanol–water partition coefficient (Wildman–Crippen LogP) is 8.31. The number of hydrogen-bond acceptors (Lipinski definition) is 8. The van der Waals surface area contributed by atoms with Crippen molar-refractivity contribution in [2.75, 3.05) is 20.3 Å². The molecule has 2 atom stereocenters. The van der Waals surface area contributed by atoms with Gasteiger partial charge in [-0.3, -0.25) is 4.98 Å². The Morgan fingerprint density at radius 3 is 2.43 bits per heavy atom. The van der Waals surface area contributed by atoms with Gasteiger partial charge in [-0.1, -0.05) is 46.2 Å². The number of pyridine rings is 2. The fourth-order valence-electron chi connectivity index (χ4n) is 4.73. The maximum atomic E-state index is 13.0. The van der Waals surface area contributed by atoms with E-state index in [1.165, 1.54) is 0 Å². The van der Waals surface area contributed by atoms with E-state index in [1.807, 2.05) is 74.1 Å². The number of nitrogens with zero attached hydrogens (tertiary/aromatic N) is 4. The average Bonchev–Trinajstić information content (AvgIpc) is 3.45. The summed E-state index contributed by atoms with van der Waals surface area (Å²) in [6.07, 6.45) is 4.34. The SMILES string of the molecule is CCC[C@H](N[S+]([O-])C(C)(C)C)c1cccc(-c2cc(OCCCOC)c3cnn(-c4cccc(CO[Si](C)(C)C(C)(C)C)n4)c3c2)n1. The smallest absolute Gasteiger partial charge is 0.192 e. The summed E-state index contributed by atoms with van der Waals surface area (Å²) in [5.74, 6) is 1.43. The van der Waals surface area contributed by atoms with Crippen LogP contribution in [0.1, 0.15) is 85.2 Å². The summed E-state index contributed by atoms with van der Waals surface area (Å²) >= 11 is -1.23. The van der Waals surface area contributed by atoms with Crippen molar-refractivity contribution in [2.45, 2.75) is 103 Å². The Hall–Kier alpha value is -2.80. The Kier molecular flexibility index (Phi) is 12.3. The maximum Gasteiger partial charge on any atom is 0.192 e. The third kappa shape index (κ3) is 9.42. The number of aromatic nitrogens is 4. The van der Waals surface area contributed by atoms with E-state index >= 15 is 0 Å². The van der Waals surface area contributed by atoms with E-state index in [0.29, 0.717) is 25.6 Å². The quantitative estimate of drug-likeness (QED) is 0.0760. The average molecular weight is 680 g/mol. The molecule has 4 aromatic rings. The van der Waals surface area contributed by atoms with Crippen LogP contribution in [0.25, 0.3) is 28.0 Å². The van der Waals surface area contributed by atoms with Gasteiger partial charge in [0.05, 0.1) is 53.4 Å². The van der Waals surface area contributed by atoms with E-state index < -0.39 is 19.7 Å². The summed E-state index contributed by atoms with van der Waals surface area (Å²) in [5, 5.41) is 5.77. The third-order valence-corrected chi connectivity index (χ3v) is 14.7. The maximum absolute atomic E-state index is 13.0. The lowest BCUT2D eigenvalue weighted by molar-refractivity contribution is 0.172. The number of fused-ring (bicyclic) bond motifs is 1. The largest absolute Gasteiger partial charge is 0.598 e. The highest BCUT2D eigenvalue weighted by Crippen LogP contribution is 2.37. The molecule has 256 valence electrons. The van der Waals surface area contributed by atoms with Crippen molar-refractivity contribution >= 4 is 30.6 Å². The molecule has 0 fully saturated rings. The van der Waals surface area contributed by atoms with Crippen molar-refractivity contribution in [2.24, 2.45) is 0 Å². The highest BCUT2D eigenvalue weighted by Gasteiger charge is 2.37. The molecule has 11 heteroatoms. The minimum atomic E-state index is -1.94. The summed E-state index contributed by atoms with van der Waals surface area (Å²) in [5.41, 5.74) is 4.28. The molecular weight excluding hydrogens is 627 g/mol. The number of benzene rings is 1. The van der Waals surface area contributed by atoms with Crippen LogP contribution in [0.5, 0.6) is 5.75 Å². The monoisotopic (exact) mass is 679 g/mol. The molecule has 9 nitrogen and oxygen atoms in total. The molecule has 0 bridgehead atoms. The second kappa shape index (κ2) is 15.6. The first-order valence-electron chi connectivity index (χ1n) is 16.5. The molecule has 4 rings (SSSR count). The molecule has 3 aromatic heterocycles. The molecule has 3 heterocycles. The Bertz CT molecular complexity index is 1620. The number of methoxy groups -OCH3 is 1. The molecule has 1 N–H and O–H groups in total. The van der Waals surface area contributed by atoms with Gasteiger partial charge < -0.3 is 18.5 Å². The zero-order valence-electron chi connectivity index (χ0n) is 29.8. The molecule has 0 spiro atoms.